The second-order valence-corrected chi connectivity index (χ2v) is 4.83. The average molecular weight is 294 g/mol. The van der Waals surface area contributed by atoms with Crippen molar-refractivity contribution in [3.8, 4) is 0 Å². The van der Waals surface area contributed by atoms with Crippen LogP contribution in [0.4, 0.5) is 18.9 Å². The molecular weight excluding hydrogens is 283 g/mol. The van der Waals surface area contributed by atoms with Crippen LogP contribution in [0.25, 0.3) is 0 Å². The molecule has 0 radical (unpaired) electrons. The monoisotopic (exact) mass is 293 g/mol. The fourth-order valence-corrected chi connectivity index (χ4v) is 2.28. The van der Waals surface area contributed by atoms with Gasteiger partial charge in [-0.15, -0.1) is 0 Å². The van der Waals surface area contributed by atoms with E-state index in [0.29, 0.717) is 0 Å². The van der Waals surface area contributed by atoms with Gasteiger partial charge in [0.2, 0.25) is 5.91 Å². The topological polar surface area (TPSA) is 40.5 Å². The highest BCUT2D eigenvalue weighted by molar-refractivity contribution is 6.31. The predicted molar refractivity (Wildman–Crippen MR) is 64.0 cm³/mol. The molecule has 0 bridgehead atoms. The zero-order valence-electron chi connectivity index (χ0n) is 9.75. The summed E-state index contributed by atoms with van der Waals surface area (Å²) in [5.41, 5.74) is -0.815. The van der Waals surface area contributed by atoms with Crippen LogP contribution in [-0.2, 0) is 11.0 Å². The van der Waals surface area contributed by atoms with Crippen LogP contribution in [0.1, 0.15) is 12.0 Å². The first-order valence-electron chi connectivity index (χ1n) is 5.61. The first kappa shape index (κ1) is 14.1. The van der Waals surface area contributed by atoms with E-state index in [1.54, 1.807) is 0 Å². The molecule has 1 aliphatic rings. The smallest absolute Gasteiger partial charge is 0.396 e. The molecule has 1 saturated heterocycles. The lowest BCUT2D eigenvalue weighted by Gasteiger charge is -2.19. The Labute approximate surface area is 112 Å². The molecule has 0 spiro atoms. The van der Waals surface area contributed by atoms with E-state index in [9.17, 15) is 18.0 Å². The minimum Gasteiger partial charge on any atom is -0.396 e. The number of aliphatic hydroxyl groups is 1. The van der Waals surface area contributed by atoms with Crippen molar-refractivity contribution in [1.29, 1.82) is 0 Å². The van der Waals surface area contributed by atoms with Crippen LogP contribution < -0.4 is 4.90 Å². The molecular formula is C12H11ClF3NO2. The average Bonchev–Trinajstić information content (AvgIpc) is 2.70. The Balaban J connectivity index is 2.34. The Morgan fingerprint density at radius 2 is 2.11 bits per heavy atom. The summed E-state index contributed by atoms with van der Waals surface area (Å²) in [6.45, 7) is 0.0518. The quantitative estimate of drug-likeness (QED) is 0.911. The molecule has 0 aromatic heterocycles. The largest absolute Gasteiger partial charge is 0.417 e. The number of hydrogen-bond donors (Lipinski definition) is 1. The molecule has 19 heavy (non-hydrogen) atoms. The SMILES string of the molecule is O=C1CC(CO)CN1c1ccc(Cl)c(C(F)(F)F)c1. The molecule has 1 aromatic rings. The zero-order valence-corrected chi connectivity index (χ0v) is 10.5. The molecule has 1 unspecified atom stereocenters. The van der Waals surface area contributed by atoms with Crippen molar-refractivity contribution in [2.75, 3.05) is 18.1 Å². The Kier molecular flexibility index (Phi) is 3.73. The molecule has 2 rings (SSSR count). The fourth-order valence-electron chi connectivity index (χ4n) is 2.05. The third-order valence-electron chi connectivity index (χ3n) is 3.03. The number of anilines is 1. The van der Waals surface area contributed by atoms with Gasteiger partial charge in [-0.2, -0.15) is 13.2 Å². The summed E-state index contributed by atoms with van der Waals surface area (Å²) in [6, 6.07) is 3.36. The molecule has 1 amide bonds. The van der Waals surface area contributed by atoms with Crippen molar-refractivity contribution in [1.82, 2.24) is 0 Å². The van der Waals surface area contributed by atoms with E-state index >= 15 is 0 Å². The maximum Gasteiger partial charge on any atom is 0.417 e. The van der Waals surface area contributed by atoms with Crippen molar-refractivity contribution >= 4 is 23.2 Å². The molecule has 1 fully saturated rings. The van der Waals surface area contributed by atoms with Crippen molar-refractivity contribution in [2.24, 2.45) is 5.92 Å². The number of carbonyl (C=O) groups is 1. The lowest BCUT2D eigenvalue weighted by atomic mass is 10.1. The number of hydrogen-bond acceptors (Lipinski definition) is 2. The van der Waals surface area contributed by atoms with Gasteiger partial charge in [-0.25, -0.2) is 0 Å². The van der Waals surface area contributed by atoms with Gasteiger partial charge in [0.1, 0.15) is 0 Å². The highest BCUT2D eigenvalue weighted by Crippen LogP contribution is 2.37. The molecule has 0 aliphatic carbocycles. The number of benzene rings is 1. The van der Waals surface area contributed by atoms with Gasteiger partial charge in [0.25, 0.3) is 0 Å². The molecule has 1 aliphatic heterocycles. The Bertz CT molecular complexity index is 504. The van der Waals surface area contributed by atoms with Gasteiger partial charge in [-0.1, -0.05) is 11.6 Å². The van der Waals surface area contributed by atoms with Crippen molar-refractivity contribution < 1.29 is 23.1 Å². The van der Waals surface area contributed by atoms with Crippen LogP contribution in [0.2, 0.25) is 5.02 Å². The Hall–Kier alpha value is -1.27. The molecule has 1 atom stereocenters. The van der Waals surface area contributed by atoms with Gasteiger partial charge in [0.05, 0.1) is 10.6 Å². The van der Waals surface area contributed by atoms with Crippen LogP contribution in [0, 0.1) is 5.92 Å². The van der Waals surface area contributed by atoms with Crippen molar-refractivity contribution in [3.63, 3.8) is 0 Å². The van der Waals surface area contributed by atoms with Gasteiger partial charge in [-0.05, 0) is 18.2 Å². The number of amides is 1. The van der Waals surface area contributed by atoms with E-state index in [1.807, 2.05) is 0 Å². The number of halogens is 4. The van der Waals surface area contributed by atoms with E-state index in [1.165, 1.54) is 11.0 Å². The summed E-state index contributed by atoms with van der Waals surface area (Å²) in [7, 11) is 0. The molecule has 7 heteroatoms. The zero-order chi connectivity index (χ0) is 14.2. The first-order valence-corrected chi connectivity index (χ1v) is 5.98. The maximum atomic E-state index is 12.7. The van der Waals surface area contributed by atoms with E-state index in [-0.39, 0.29) is 37.1 Å². The van der Waals surface area contributed by atoms with E-state index in [0.717, 1.165) is 12.1 Å². The molecule has 0 saturated carbocycles. The lowest BCUT2D eigenvalue weighted by Crippen LogP contribution is -2.25. The Morgan fingerprint density at radius 3 is 2.63 bits per heavy atom. The summed E-state index contributed by atoms with van der Waals surface area (Å²) < 4.78 is 38.2. The normalized spacial score (nSPS) is 20.2. The Morgan fingerprint density at radius 1 is 1.42 bits per heavy atom. The fraction of sp³-hybridized carbons (Fsp3) is 0.417. The van der Waals surface area contributed by atoms with E-state index in [4.69, 9.17) is 16.7 Å². The van der Waals surface area contributed by atoms with E-state index in [2.05, 4.69) is 0 Å². The summed E-state index contributed by atoms with van der Waals surface area (Å²) in [5.74, 6) is -0.535. The van der Waals surface area contributed by atoms with Gasteiger partial charge in [-0.3, -0.25) is 4.79 Å². The van der Waals surface area contributed by atoms with Gasteiger partial charge in [0, 0.05) is 31.2 Å². The molecule has 3 nitrogen and oxygen atoms in total. The van der Waals surface area contributed by atoms with Crippen LogP contribution in [0.3, 0.4) is 0 Å². The minimum absolute atomic E-state index is 0.139. The maximum absolute atomic E-state index is 12.7. The first-order chi connectivity index (χ1) is 8.82. The standard InChI is InChI=1S/C12H11ClF3NO2/c13-10-2-1-8(4-9(10)12(14,15)16)17-5-7(6-18)3-11(17)19/h1-2,4,7,18H,3,5-6H2. The predicted octanol–water partition coefficient (Wildman–Crippen LogP) is 2.70. The minimum atomic E-state index is -4.56. The number of alkyl halides is 3. The van der Waals surface area contributed by atoms with Crippen LogP contribution >= 0.6 is 11.6 Å². The third-order valence-corrected chi connectivity index (χ3v) is 3.36. The molecule has 1 aromatic carbocycles. The summed E-state index contributed by atoms with van der Waals surface area (Å²) in [5, 5.41) is 8.60. The summed E-state index contributed by atoms with van der Waals surface area (Å²) >= 11 is 5.52. The highest BCUT2D eigenvalue weighted by atomic mass is 35.5. The van der Waals surface area contributed by atoms with Crippen molar-refractivity contribution in [2.45, 2.75) is 12.6 Å². The van der Waals surface area contributed by atoms with Crippen LogP contribution in [-0.4, -0.2) is 24.2 Å². The number of carbonyl (C=O) groups excluding carboxylic acids is 1. The number of aliphatic hydroxyl groups excluding tert-OH is 1. The second-order valence-electron chi connectivity index (χ2n) is 4.42. The van der Waals surface area contributed by atoms with Crippen molar-refractivity contribution in [3.05, 3.63) is 28.8 Å². The lowest BCUT2D eigenvalue weighted by molar-refractivity contribution is -0.137. The molecule has 1 N–H and O–H groups in total. The third kappa shape index (κ3) is 2.84. The number of nitrogens with zero attached hydrogens (tertiary/aromatic N) is 1. The molecule has 104 valence electrons. The van der Waals surface area contributed by atoms with Gasteiger partial charge >= 0.3 is 6.18 Å². The number of rotatable bonds is 2. The highest BCUT2D eigenvalue weighted by Gasteiger charge is 2.35. The van der Waals surface area contributed by atoms with E-state index < -0.39 is 16.8 Å². The summed E-state index contributed by atoms with van der Waals surface area (Å²) in [4.78, 5) is 12.9. The molecule has 1 heterocycles. The van der Waals surface area contributed by atoms with Crippen LogP contribution in [0.5, 0.6) is 0 Å². The van der Waals surface area contributed by atoms with Gasteiger partial charge in [0.15, 0.2) is 0 Å². The van der Waals surface area contributed by atoms with Crippen LogP contribution in [0.15, 0.2) is 18.2 Å². The second kappa shape index (κ2) is 5.02. The summed E-state index contributed by atoms with van der Waals surface area (Å²) in [6.07, 6.45) is -4.42. The van der Waals surface area contributed by atoms with Gasteiger partial charge < -0.3 is 10.0 Å².